The van der Waals surface area contributed by atoms with Crippen molar-refractivity contribution in [3.8, 4) is 5.69 Å². The molecule has 0 unspecified atom stereocenters. The number of sulfonamides is 1. The second-order valence-corrected chi connectivity index (χ2v) is 12.4. The first-order valence-corrected chi connectivity index (χ1v) is 15.2. The van der Waals surface area contributed by atoms with Gasteiger partial charge in [0.15, 0.2) is 0 Å². The first kappa shape index (κ1) is 29.9. The van der Waals surface area contributed by atoms with E-state index in [1.54, 1.807) is 37.4 Å². The lowest BCUT2D eigenvalue weighted by atomic mass is 9.91. The number of anilines is 1. The van der Waals surface area contributed by atoms with E-state index in [0.717, 1.165) is 17.4 Å². The van der Waals surface area contributed by atoms with E-state index in [0.29, 0.717) is 29.9 Å². The van der Waals surface area contributed by atoms with Gasteiger partial charge in [-0.05, 0) is 68.1 Å². The SMILES string of the molecule is CCCN(c1cc(C(=O)N[C@H](C)c2ccc(F)cc2)cc(-n2cc([C@](C)(N)Cc3ccccc3)nn2)c1)S(C)(=O)=O. The van der Waals surface area contributed by atoms with Crippen LogP contribution < -0.4 is 15.4 Å². The first-order chi connectivity index (χ1) is 19.4. The zero-order valence-electron chi connectivity index (χ0n) is 23.6. The van der Waals surface area contributed by atoms with Crippen molar-refractivity contribution in [2.24, 2.45) is 5.73 Å². The van der Waals surface area contributed by atoms with Crippen molar-refractivity contribution in [2.75, 3.05) is 17.1 Å². The third kappa shape index (κ3) is 7.36. The molecule has 0 aliphatic heterocycles. The third-order valence-electron chi connectivity index (χ3n) is 6.75. The zero-order chi connectivity index (χ0) is 29.8. The van der Waals surface area contributed by atoms with E-state index < -0.39 is 27.5 Å². The van der Waals surface area contributed by atoms with Crippen LogP contribution in [0.3, 0.4) is 0 Å². The number of nitrogens with two attached hydrogens (primary N) is 1. The van der Waals surface area contributed by atoms with Gasteiger partial charge in [0.05, 0.1) is 35.4 Å². The van der Waals surface area contributed by atoms with Gasteiger partial charge < -0.3 is 11.1 Å². The second-order valence-electron chi connectivity index (χ2n) is 10.4. The summed E-state index contributed by atoms with van der Waals surface area (Å²) in [6, 6.07) is 20.1. The molecule has 0 aliphatic carbocycles. The number of amides is 1. The molecule has 0 bridgehead atoms. The number of rotatable bonds is 11. The molecule has 1 heterocycles. The van der Waals surface area contributed by atoms with E-state index in [1.807, 2.05) is 44.2 Å². The van der Waals surface area contributed by atoms with Gasteiger partial charge in [0, 0.05) is 12.1 Å². The number of nitrogens with one attached hydrogen (secondary N) is 1. The van der Waals surface area contributed by atoms with Crippen LogP contribution in [0.1, 0.15) is 60.4 Å². The van der Waals surface area contributed by atoms with Gasteiger partial charge in [0.25, 0.3) is 5.91 Å². The summed E-state index contributed by atoms with van der Waals surface area (Å²) in [6.07, 6.45) is 3.91. The van der Waals surface area contributed by atoms with Gasteiger partial charge in [-0.3, -0.25) is 9.10 Å². The number of carbonyl (C=O) groups is 1. The summed E-state index contributed by atoms with van der Waals surface area (Å²) in [6.45, 7) is 5.76. The molecule has 0 saturated carbocycles. The Balaban J connectivity index is 1.71. The summed E-state index contributed by atoms with van der Waals surface area (Å²) in [4.78, 5) is 13.4. The topological polar surface area (TPSA) is 123 Å². The van der Waals surface area contributed by atoms with Crippen LogP contribution >= 0.6 is 0 Å². The van der Waals surface area contributed by atoms with Crippen molar-refractivity contribution in [3.05, 3.63) is 107 Å². The minimum atomic E-state index is -3.64. The van der Waals surface area contributed by atoms with Crippen molar-refractivity contribution in [1.82, 2.24) is 20.3 Å². The number of hydrogen-bond donors (Lipinski definition) is 2. The first-order valence-electron chi connectivity index (χ1n) is 13.3. The Morgan fingerprint density at radius 2 is 1.80 bits per heavy atom. The molecule has 1 aromatic heterocycles. The fraction of sp³-hybridized carbons (Fsp3) is 0.300. The molecular weight excluding hydrogens is 543 g/mol. The fourth-order valence-corrected chi connectivity index (χ4v) is 5.57. The van der Waals surface area contributed by atoms with Crippen molar-refractivity contribution in [1.29, 1.82) is 0 Å². The second kappa shape index (κ2) is 12.2. The van der Waals surface area contributed by atoms with Crippen molar-refractivity contribution in [2.45, 2.75) is 45.2 Å². The van der Waals surface area contributed by atoms with E-state index in [4.69, 9.17) is 5.73 Å². The molecule has 41 heavy (non-hydrogen) atoms. The van der Waals surface area contributed by atoms with Gasteiger partial charge in [-0.15, -0.1) is 5.10 Å². The number of carbonyl (C=O) groups excluding carboxylic acids is 1. The molecule has 1 amide bonds. The van der Waals surface area contributed by atoms with Crippen molar-refractivity contribution >= 4 is 21.6 Å². The van der Waals surface area contributed by atoms with Crippen LogP contribution in [-0.4, -0.2) is 42.1 Å². The molecule has 0 spiro atoms. The normalized spacial score (nSPS) is 13.8. The summed E-state index contributed by atoms with van der Waals surface area (Å²) in [5.74, 6) is -0.797. The highest BCUT2D eigenvalue weighted by molar-refractivity contribution is 7.92. The minimum Gasteiger partial charge on any atom is -0.346 e. The van der Waals surface area contributed by atoms with Gasteiger partial charge in [-0.2, -0.15) is 0 Å². The number of hydrogen-bond acceptors (Lipinski definition) is 6. The molecule has 216 valence electrons. The molecule has 3 N–H and O–H groups in total. The largest absolute Gasteiger partial charge is 0.346 e. The van der Waals surface area contributed by atoms with Crippen LogP contribution in [0.5, 0.6) is 0 Å². The molecule has 3 aromatic carbocycles. The molecular formula is C30H35FN6O3S. The lowest BCUT2D eigenvalue weighted by Gasteiger charge is -2.23. The molecule has 0 fully saturated rings. The summed E-state index contributed by atoms with van der Waals surface area (Å²) in [7, 11) is -3.64. The molecule has 0 radical (unpaired) electrons. The molecule has 9 nitrogen and oxygen atoms in total. The number of nitrogens with zero attached hydrogens (tertiary/aromatic N) is 4. The van der Waals surface area contributed by atoms with Crippen molar-refractivity contribution < 1.29 is 17.6 Å². The number of benzene rings is 3. The van der Waals surface area contributed by atoms with Gasteiger partial charge in [-0.25, -0.2) is 17.5 Å². The Labute approximate surface area is 240 Å². The Kier molecular flexibility index (Phi) is 8.89. The fourth-order valence-electron chi connectivity index (χ4n) is 4.57. The summed E-state index contributed by atoms with van der Waals surface area (Å²) in [5, 5.41) is 11.5. The predicted octanol–water partition coefficient (Wildman–Crippen LogP) is 4.49. The minimum absolute atomic E-state index is 0.230. The average Bonchev–Trinajstić information content (AvgIpc) is 3.43. The Morgan fingerprint density at radius 3 is 2.44 bits per heavy atom. The predicted molar refractivity (Wildman–Crippen MR) is 158 cm³/mol. The quantitative estimate of drug-likeness (QED) is 0.270. The molecule has 0 aliphatic rings. The van der Waals surface area contributed by atoms with E-state index in [1.165, 1.54) is 27.2 Å². The van der Waals surface area contributed by atoms with Crippen molar-refractivity contribution in [3.63, 3.8) is 0 Å². The van der Waals surface area contributed by atoms with Gasteiger partial charge in [0.2, 0.25) is 10.0 Å². The number of halogens is 1. The van der Waals surface area contributed by atoms with E-state index in [9.17, 15) is 17.6 Å². The van der Waals surface area contributed by atoms with Crippen LogP contribution in [0.4, 0.5) is 10.1 Å². The molecule has 4 rings (SSSR count). The standard InChI is InChI=1S/C30H35FN6O3S/c1-5-15-37(41(4,39)40)27-17-24(29(38)33-21(2)23-11-13-25(31)14-12-23)16-26(18-27)36-20-28(34-35-36)30(3,32)19-22-9-7-6-8-10-22/h6-14,16-18,20-21H,5,15,19,32H2,1-4H3,(H,33,38)/t21-,30-/m1/s1. The highest BCUT2D eigenvalue weighted by atomic mass is 32.2. The Bertz CT molecular complexity index is 1600. The molecule has 2 atom stereocenters. The highest BCUT2D eigenvalue weighted by Gasteiger charge is 2.27. The summed E-state index contributed by atoms with van der Waals surface area (Å²) >= 11 is 0. The van der Waals surface area contributed by atoms with Crippen LogP contribution in [0, 0.1) is 5.82 Å². The zero-order valence-corrected chi connectivity index (χ0v) is 24.4. The smallest absolute Gasteiger partial charge is 0.251 e. The Morgan fingerprint density at radius 1 is 1.12 bits per heavy atom. The molecule has 0 saturated heterocycles. The third-order valence-corrected chi connectivity index (χ3v) is 7.95. The maximum atomic E-state index is 13.4. The van der Waals surface area contributed by atoms with E-state index >= 15 is 0 Å². The molecule has 4 aromatic rings. The summed E-state index contributed by atoms with van der Waals surface area (Å²) in [5.41, 5.74) is 9.12. The van der Waals surface area contributed by atoms with Gasteiger partial charge in [0.1, 0.15) is 11.5 Å². The van der Waals surface area contributed by atoms with Gasteiger partial charge >= 0.3 is 0 Å². The van der Waals surface area contributed by atoms with Crippen LogP contribution in [-0.2, 0) is 22.0 Å². The molecule has 11 heteroatoms. The van der Waals surface area contributed by atoms with Crippen LogP contribution in [0.25, 0.3) is 5.69 Å². The van der Waals surface area contributed by atoms with E-state index in [2.05, 4.69) is 15.6 Å². The monoisotopic (exact) mass is 578 g/mol. The Hall–Kier alpha value is -4.09. The van der Waals surface area contributed by atoms with E-state index in [-0.39, 0.29) is 17.9 Å². The van der Waals surface area contributed by atoms with Gasteiger partial charge in [-0.1, -0.05) is 54.6 Å². The summed E-state index contributed by atoms with van der Waals surface area (Å²) < 4.78 is 41.5. The maximum absolute atomic E-state index is 13.4. The average molecular weight is 579 g/mol. The van der Waals surface area contributed by atoms with Crippen LogP contribution in [0.15, 0.2) is 79.0 Å². The lowest BCUT2D eigenvalue weighted by molar-refractivity contribution is 0.0940. The number of aromatic nitrogens is 3. The maximum Gasteiger partial charge on any atom is 0.251 e. The lowest BCUT2D eigenvalue weighted by Crippen LogP contribution is -2.36. The highest BCUT2D eigenvalue weighted by Crippen LogP contribution is 2.27. The van der Waals surface area contributed by atoms with Crippen LogP contribution in [0.2, 0.25) is 0 Å².